The van der Waals surface area contributed by atoms with E-state index >= 15 is 0 Å². The molecular formula is C35H64O4. The van der Waals surface area contributed by atoms with E-state index in [1.165, 1.54) is 96.3 Å². The molecule has 0 aromatic heterocycles. The van der Waals surface area contributed by atoms with Gasteiger partial charge >= 0.3 is 11.9 Å². The third-order valence-corrected chi connectivity index (χ3v) is 7.43. The molecule has 1 atom stereocenters. The SMILES string of the molecule is CCCCC/C=C\C/C=C\CCCCCCCCCCCC(=O)OC(CCCCCC)CCCCCC(=O)O. The Hall–Kier alpha value is -1.58. The minimum absolute atomic E-state index is 0.00633. The molecule has 4 nitrogen and oxygen atoms in total. The summed E-state index contributed by atoms with van der Waals surface area (Å²) in [4.78, 5) is 23.1. The van der Waals surface area contributed by atoms with Gasteiger partial charge in [0.15, 0.2) is 0 Å². The normalized spacial score (nSPS) is 12.5. The highest BCUT2D eigenvalue weighted by Crippen LogP contribution is 2.17. The summed E-state index contributed by atoms with van der Waals surface area (Å²) in [6.07, 6.45) is 37.8. The van der Waals surface area contributed by atoms with Gasteiger partial charge in [0.05, 0.1) is 0 Å². The standard InChI is InChI=1S/C35H64O4/c1-3-5-7-9-10-11-12-13-14-15-16-17-18-19-20-21-22-23-28-32-35(38)39-33(29-25-8-6-4-2)30-26-24-27-31-34(36)37/h10-11,13-14,33H,3-9,12,15-32H2,1-2H3,(H,36,37)/b11-10-,14-13-. The summed E-state index contributed by atoms with van der Waals surface area (Å²) in [6, 6.07) is 0. The Labute approximate surface area is 242 Å². The van der Waals surface area contributed by atoms with Gasteiger partial charge in [0, 0.05) is 12.8 Å². The van der Waals surface area contributed by atoms with Gasteiger partial charge in [0.1, 0.15) is 6.10 Å². The van der Waals surface area contributed by atoms with Crippen LogP contribution in [0.1, 0.15) is 181 Å². The highest BCUT2D eigenvalue weighted by atomic mass is 16.5. The molecule has 0 saturated heterocycles. The summed E-state index contributed by atoms with van der Waals surface area (Å²) in [6.45, 7) is 4.46. The van der Waals surface area contributed by atoms with Crippen molar-refractivity contribution in [1.82, 2.24) is 0 Å². The van der Waals surface area contributed by atoms with Gasteiger partial charge in [-0.3, -0.25) is 9.59 Å². The van der Waals surface area contributed by atoms with Crippen molar-refractivity contribution >= 4 is 11.9 Å². The number of hydrogen-bond acceptors (Lipinski definition) is 3. The van der Waals surface area contributed by atoms with E-state index in [1.54, 1.807) is 0 Å². The molecule has 0 rings (SSSR count). The van der Waals surface area contributed by atoms with Crippen molar-refractivity contribution in [2.75, 3.05) is 0 Å². The number of carbonyl (C=O) groups excluding carboxylic acids is 1. The van der Waals surface area contributed by atoms with Crippen LogP contribution in [0.5, 0.6) is 0 Å². The molecule has 0 radical (unpaired) electrons. The average Bonchev–Trinajstić information content (AvgIpc) is 2.91. The van der Waals surface area contributed by atoms with Crippen LogP contribution < -0.4 is 0 Å². The van der Waals surface area contributed by atoms with Crippen molar-refractivity contribution in [3.63, 3.8) is 0 Å². The Balaban J connectivity index is 3.70. The lowest BCUT2D eigenvalue weighted by molar-refractivity contribution is -0.150. The molecule has 0 amide bonds. The van der Waals surface area contributed by atoms with Gasteiger partial charge in [-0.25, -0.2) is 0 Å². The lowest BCUT2D eigenvalue weighted by Crippen LogP contribution is -2.18. The maximum atomic E-state index is 12.4. The summed E-state index contributed by atoms with van der Waals surface area (Å²) in [5.41, 5.74) is 0. The fourth-order valence-electron chi connectivity index (χ4n) is 4.92. The second-order valence-electron chi connectivity index (χ2n) is 11.3. The van der Waals surface area contributed by atoms with E-state index in [4.69, 9.17) is 9.84 Å². The summed E-state index contributed by atoms with van der Waals surface area (Å²) >= 11 is 0. The smallest absolute Gasteiger partial charge is 0.306 e. The molecule has 0 fully saturated rings. The third kappa shape index (κ3) is 30.8. The number of esters is 1. The van der Waals surface area contributed by atoms with Crippen molar-refractivity contribution in [1.29, 1.82) is 0 Å². The molecule has 0 heterocycles. The number of allylic oxidation sites excluding steroid dienone is 4. The third-order valence-electron chi connectivity index (χ3n) is 7.43. The Morgan fingerprint density at radius 1 is 0.564 bits per heavy atom. The summed E-state index contributed by atoms with van der Waals surface area (Å²) in [5, 5.41) is 8.79. The molecule has 228 valence electrons. The number of carbonyl (C=O) groups is 2. The van der Waals surface area contributed by atoms with Gasteiger partial charge in [-0.2, -0.15) is 0 Å². The van der Waals surface area contributed by atoms with Crippen molar-refractivity contribution < 1.29 is 19.4 Å². The topological polar surface area (TPSA) is 63.6 Å². The van der Waals surface area contributed by atoms with E-state index < -0.39 is 5.97 Å². The quantitative estimate of drug-likeness (QED) is 0.0550. The molecule has 1 N–H and O–H groups in total. The predicted molar refractivity (Wildman–Crippen MR) is 167 cm³/mol. The number of carboxylic acids is 1. The Bertz CT molecular complexity index is 595. The molecule has 0 saturated carbocycles. The number of aliphatic carboxylic acids is 1. The van der Waals surface area contributed by atoms with Gasteiger partial charge in [-0.05, 0) is 70.6 Å². The summed E-state index contributed by atoms with van der Waals surface area (Å²) < 4.78 is 5.83. The minimum Gasteiger partial charge on any atom is -0.481 e. The van der Waals surface area contributed by atoms with Crippen LogP contribution in [0.2, 0.25) is 0 Å². The van der Waals surface area contributed by atoms with E-state index in [1.807, 2.05) is 0 Å². The van der Waals surface area contributed by atoms with Crippen LogP contribution in [0.3, 0.4) is 0 Å². The van der Waals surface area contributed by atoms with Crippen LogP contribution in [-0.2, 0) is 14.3 Å². The summed E-state index contributed by atoms with van der Waals surface area (Å²) in [7, 11) is 0. The molecule has 0 bridgehead atoms. The zero-order valence-corrected chi connectivity index (χ0v) is 25.9. The van der Waals surface area contributed by atoms with Crippen LogP contribution in [0.25, 0.3) is 0 Å². The molecule has 4 heteroatoms. The van der Waals surface area contributed by atoms with E-state index in [0.717, 1.165) is 51.4 Å². The van der Waals surface area contributed by atoms with Crippen LogP contribution in [0, 0.1) is 0 Å². The van der Waals surface area contributed by atoms with Crippen LogP contribution >= 0.6 is 0 Å². The first-order valence-electron chi connectivity index (χ1n) is 16.8. The average molecular weight is 549 g/mol. The fraction of sp³-hybridized carbons (Fsp3) is 0.829. The van der Waals surface area contributed by atoms with Crippen molar-refractivity contribution in [3.05, 3.63) is 24.3 Å². The van der Waals surface area contributed by atoms with Crippen molar-refractivity contribution in [3.8, 4) is 0 Å². The molecule has 0 aliphatic rings. The molecule has 39 heavy (non-hydrogen) atoms. The largest absolute Gasteiger partial charge is 0.481 e. The van der Waals surface area contributed by atoms with Crippen LogP contribution in [0.4, 0.5) is 0 Å². The molecule has 1 unspecified atom stereocenters. The highest BCUT2D eigenvalue weighted by molar-refractivity contribution is 5.69. The number of carboxylic acid groups (broad SMARTS) is 1. The first-order valence-corrected chi connectivity index (χ1v) is 16.8. The number of hydrogen-bond donors (Lipinski definition) is 1. The van der Waals surface area contributed by atoms with Gasteiger partial charge in [-0.15, -0.1) is 0 Å². The maximum absolute atomic E-state index is 12.4. The van der Waals surface area contributed by atoms with Crippen molar-refractivity contribution in [2.45, 2.75) is 187 Å². The summed E-state index contributed by atoms with van der Waals surface area (Å²) in [5.74, 6) is -0.772. The first kappa shape index (κ1) is 37.4. The highest BCUT2D eigenvalue weighted by Gasteiger charge is 2.14. The molecule has 0 aliphatic carbocycles. The number of unbranched alkanes of at least 4 members (excludes halogenated alkanes) is 17. The second-order valence-corrected chi connectivity index (χ2v) is 11.3. The molecule has 0 aromatic carbocycles. The van der Waals surface area contributed by atoms with Gasteiger partial charge < -0.3 is 9.84 Å². The lowest BCUT2D eigenvalue weighted by atomic mass is 10.0. The van der Waals surface area contributed by atoms with Gasteiger partial charge in [0.25, 0.3) is 0 Å². The van der Waals surface area contributed by atoms with E-state index in [0.29, 0.717) is 12.8 Å². The molecular weight excluding hydrogens is 484 g/mol. The zero-order chi connectivity index (χ0) is 28.7. The Morgan fingerprint density at radius 3 is 1.56 bits per heavy atom. The van der Waals surface area contributed by atoms with E-state index in [2.05, 4.69) is 38.2 Å². The minimum atomic E-state index is -0.729. The molecule has 0 aliphatic heterocycles. The number of rotatable bonds is 30. The van der Waals surface area contributed by atoms with E-state index in [9.17, 15) is 9.59 Å². The molecule has 0 aromatic rings. The predicted octanol–water partition coefficient (Wildman–Crippen LogP) is 11.3. The molecule has 0 spiro atoms. The first-order chi connectivity index (χ1) is 19.1. The van der Waals surface area contributed by atoms with E-state index in [-0.39, 0.29) is 18.5 Å². The zero-order valence-electron chi connectivity index (χ0n) is 25.9. The fourth-order valence-corrected chi connectivity index (χ4v) is 4.92. The van der Waals surface area contributed by atoms with Gasteiger partial charge in [-0.1, -0.05) is 122 Å². The maximum Gasteiger partial charge on any atom is 0.306 e. The lowest BCUT2D eigenvalue weighted by Gasteiger charge is -2.18. The van der Waals surface area contributed by atoms with Crippen molar-refractivity contribution in [2.24, 2.45) is 0 Å². The van der Waals surface area contributed by atoms with Crippen LogP contribution in [0.15, 0.2) is 24.3 Å². The Kier molecular flexibility index (Phi) is 29.7. The van der Waals surface area contributed by atoms with Gasteiger partial charge in [0.2, 0.25) is 0 Å². The van der Waals surface area contributed by atoms with Crippen LogP contribution in [-0.4, -0.2) is 23.1 Å². The second kappa shape index (κ2) is 31.0. The monoisotopic (exact) mass is 548 g/mol. The number of ether oxygens (including phenoxy) is 1. The Morgan fingerprint density at radius 2 is 1.00 bits per heavy atom.